The molecule has 20 heavy (non-hydrogen) atoms. The second-order valence-corrected chi connectivity index (χ2v) is 4.77. The predicted octanol–water partition coefficient (Wildman–Crippen LogP) is 1.99. The van der Waals surface area contributed by atoms with Gasteiger partial charge in [0.2, 0.25) is 0 Å². The standard InChI is InChI=1S/C14H18N2O4/c1-9-4-2-6-11(13(17)18)12(9)16-14(19)15-8-10-5-3-7-20-10/h2,4,6,10H,3,5,7-8H2,1H3,(H,17,18)(H2,15,16,19). The number of ether oxygens (including phenoxy) is 1. The molecule has 6 heteroatoms. The minimum absolute atomic E-state index is 0.0524. The van der Waals surface area contributed by atoms with Crippen LogP contribution in [0.3, 0.4) is 0 Å². The number of carbonyl (C=O) groups is 2. The van der Waals surface area contributed by atoms with Gasteiger partial charge in [0.15, 0.2) is 0 Å². The number of aromatic carboxylic acids is 1. The van der Waals surface area contributed by atoms with Gasteiger partial charge in [-0.15, -0.1) is 0 Å². The predicted molar refractivity (Wildman–Crippen MR) is 74.1 cm³/mol. The summed E-state index contributed by atoms with van der Waals surface area (Å²) in [4.78, 5) is 23.0. The Morgan fingerprint density at radius 1 is 1.45 bits per heavy atom. The van der Waals surface area contributed by atoms with Gasteiger partial charge >= 0.3 is 12.0 Å². The van der Waals surface area contributed by atoms with Crippen LogP contribution < -0.4 is 10.6 Å². The molecule has 1 aliphatic heterocycles. The van der Waals surface area contributed by atoms with E-state index in [9.17, 15) is 9.59 Å². The summed E-state index contributed by atoms with van der Waals surface area (Å²) < 4.78 is 5.40. The van der Waals surface area contributed by atoms with Gasteiger partial charge in [-0.1, -0.05) is 12.1 Å². The van der Waals surface area contributed by atoms with E-state index in [1.807, 2.05) is 0 Å². The summed E-state index contributed by atoms with van der Waals surface area (Å²) in [5.41, 5.74) is 1.11. The normalized spacial score (nSPS) is 17.8. The van der Waals surface area contributed by atoms with Crippen LogP contribution in [0, 0.1) is 6.92 Å². The largest absolute Gasteiger partial charge is 0.478 e. The second kappa shape index (κ2) is 6.38. The second-order valence-electron chi connectivity index (χ2n) is 4.77. The van der Waals surface area contributed by atoms with Crippen molar-refractivity contribution in [1.29, 1.82) is 0 Å². The Labute approximate surface area is 117 Å². The molecule has 1 aromatic rings. The lowest BCUT2D eigenvalue weighted by Gasteiger charge is -2.14. The van der Waals surface area contributed by atoms with E-state index < -0.39 is 12.0 Å². The molecule has 2 rings (SSSR count). The number of aryl methyl sites for hydroxylation is 1. The highest BCUT2D eigenvalue weighted by molar-refractivity contribution is 6.00. The molecule has 0 spiro atoms. The maximum atomic E-state index is 11.8. The Balaban J connectivity index is 1.98. The smallest absolute Gasteiger partial charge is 0.337 e. The highest BCUT2D eigenvalue weighted by Gasteiger charge is 2.18. The molecule has 1 saturated heterocycles. The number of carbonyl (C=O) groups excluding carboxylic acids is 1. The first-order valence-corrected chi connectivity index (χ1v) is 6.57. The lowest BCUT2D eigenvalue weighted by molar-refractivity contribution is 0.0698. The van der Waals surface area contributed by atoms with Crippen molar-refractivity contribution >= 4 is 17.7 Å². The van der Waals surface area contributed by atoms with Crippen molar-refractivity contribution in [3.05, 3.63) is 29.3 Å². The van der Waals surface area contributed by atoms with E-state index in [0.717, 1.165) is 19.4 Å². The quantitative estimate of drug-likeness (QED) is 0.786. The lowest BCUT2D eigenvalue weighted by Crippen LogP contribution is -2.35. The van der Waals surface area contributed by atoms with Crippen LogP contribution in [0.15, 0.2) is 18.2 Å². The van der Waals surface area contributed by atoms with E-state index >= 15 is 0 Å². The Hall–Kier alpha value is -2.08. The molecule has 3 N–H and O–H groups in total. The highest BCUT2D eigenvalue weighted by Crippen LogP contribution is 2.20. The zero-order valence-corrected chi connectivity index (χ0v) is 11.3. The fourth-order valence-corrected chi connectivity index (χ4v) is 2.18. The van der Waals surface area contributed by atoms with E-state index in [1.165, 1.54) is 6.07 Å². The zero-order valence-electron chi connectivity index (χ0n) is 11.3. The molecule has 1 aromatic carbocycles. The Kier molecular flexibility index (Phi) is 4.57. The van der Waals surface area contributed by atoms with Gasteiger partial charge in [-0.2, -0.15) is 0 Å². The van der Waals surface area contributed by atoms with E-state index in [4.69, 9.17) is 9.84 Å². The maximum absolute atomic E-state index is 11.8. The van der Waals surface area contributed by atoms with Crippen molar-refractivity contribution in [2.45, 2.75) is 25.9 Å². The molecule has 0 aliphatic carbocycles. The van der Waals surface area contributed by atoms with Crippen molar-refractivity contribution in [1.82, 2.24) is 5.32 Å². The summed E-state index contributed by atoms with van der Waals surface area (Å²) in [7, 11) is 0. The Morgan fingerprint density at radius 2 is 2.25 bits per heavy atom. The summed E-state index contributed by atoms with van der Waals surface area (Å²) in [6.45, 7) is 2.91. The Bertz CT molecular complexity index is 510. The number of rotatable bonds is 4. The molecule has 1 unspecified atom stereocenters. The number of benzene rings is 1. The van der Waals surface area contributed by atoms with Gasteiger partial charge in [-0.05, 0) is 31.4 Å². The summed E-state index contributed by atoms with van der Waals surface area (Å²) in [5, 5.41) is 14.4. The number of anilines is 1. The average Bonchev–Trinajstić information content (AvgIpc) is 2.91. The van der Waals surface area contributed by atoms with Gasteiger partial charge in [-0.3, -0.25) is 0 Å². The van der Waals surface area contributed by atoms with Crippen molar-refractivity contribution < 1.29 is 19.4 Å². The topological polar surface area (TPSA) is 87.7 Å². The number of hydrogen-bond donors (Lipinski definition) is 3. The zero-order chi connectivity index (χ0) is 14.5. The summed E-state index contributed by atoms with van der Waals surface area (Å²) >= 11 is 0. The van der Waals surface area contributed by atoms with Crippen molar-refractivity contribution in [2.75, 3.05) is 18.5 Å². The van der Waals surface area contributed by atoms with Crippen molar-refractivity contribution in [2.24, 2.45) is 0 Å². The SMILES string of the molecule is Cc1cccc(C(=O)O)c1NC(=O)NCC1CCCO1. The fraction of sp³-hybridized carbons (Fsp3) is 0.429. The summed E-state index contributed by atoms with van der Waals surface area (Å²) in [6.07, 6.45) is 2.00. The Morgan fingerprint density at radius 3 is 2.90 bits per heavy atom. The molecule has 0 saturated carbocycles. The number of amides is 2. The van der Waals surface area contributed by atoms with Crippen LogP contribution in [-0.2, 0) is 4.74 Å². The maximum Gasteiger partial charge on any atom is 0.337 e. The molecule has 1 heterocycles. The third kappa shape index (κ3) is 3.48. The molecule has 0 bridgehead atoms. The number of nitrogens with one attached hydrogen (secondary N) is 2. The van der Waals surface area contributed by atoms with E-state index in [-0.39, 0.29) is 11.7 Å². The third-order valence-corrected chi connectivity index (χ3v) is 3.26. The van der Waals surface area contributed by atoms with E-state index in [0.29, 0.717) is 17.8 Å². The minimum Gasteiger partial charge on any atom is -0.478 e. The third-order valence-electron chi connectivity index (χ3n) is 3.26. The molecule has 1 atom stereocenters. The molecular weight excluding hydrogens is 260 g/mol. The summed E-state index contributed by atoms with van der Waals surface area (Å²) in [6, 6.07) is 4.44. The van der Waals surface area contributed by atoms with Crippen LogP contribution in [0.5, 0.6) is 0 Å². The fourth-order valence-electron chi connectivity index (χ4n) is 2.18. The van der Waals surface area contributed by atoms with Crippen LogP contribution in [0.1, 0.15) is 28.8 Å². The van der Waals surface area contributed by atoms with Crippen LogP contribution in [-0.4, -0.2) is 36.4 Å². The number of urea groups is 1. The molecule has 2 amide bonds. The minimum atomic E-state index is -1.07. The van der Waals surface area contributed by atoms with Crippen LogP contribution in [0.4, 0.5) is 10.5 Å². The van der Waals surface area contributed by atoms with Gasteiger partial charge in [0, 0.05) is 13.2 Å². The van der Waals surface area contributed by atoms with Crippen LogP contribution in [0.25, 0.3) is 0 Å². The first kappa shape index (κ1) is 14.3. The van der Waals surface area contributed by atoms with Gasteiger partial charge in [-0.25, -0.2) is 9.59 Å². The average molecular weight is 278 g/mol. The van der Waals surface area contributed by atoms with Gasteiger partial charge in [0.1, 0.15) is 0 Å². The molecule has 0 aromatic heterocycles. The monoisotopic (exact) mass is 278 g/mol. The lowest BCUT2D eigenvalue weighted by atomic mass is 10.1. The van der Waals surface area contributed by atoms with E-state index in [1.54, 1.807) is 19.1 Å². The van der Waals surface area contributed by atoms with Crippen molar-refractivity contribution in [3.63, 3.8) is 0 Å². The molecule has 108 valence electrons. The molecule has 0 radical (unpaired) electrons. The highest BCUT2D eigenvalue weighted by atomic mass is 16.5. The first-order chi connectivity index (χ1) is 9.58. The van der Waals surface area contributed by atoms with Gasteiger partial charge in [0.25, 0.3) is 0 Å². The van der Waals surface area contributed by atoms with Crippen LogP contribution in [0.2, 0.25) is 0 Å². The van der Waals surface area contributed by atoms with Crippen LogP contribution >= 0.6 is 0 Å². The number of carboxylic acids is 1. The molecule has 1 fully saturated rings. The van der Waals surface area contributed by atoms with E-state index in [2.05, 4.69) is 10.6 Å². The summed E-state index contributed by atoms with van der Waals surface area (Å²) in [5.74, 6) is -1.07. The first-order valence-electron chi connectivity index (χ1n) is 6.57. The molecular formula is C14H18N2O4. The molecule has 1 aliphatic rings. The van der Waals surface area contributed by atoms with Crippen molar-refractivity contribution in [3.8, 4) is 0 Å². The number of hydrogen-bond acceptors (Lipinski definition) is 3. The number of para-hydroxylation sites is 1. The number of carboxylic acid groups (broad SMARTS) is 1. The van der Waals surface area contributed by atoms with Gasteiger partial charge < -0.3 is 20.5 Å². The van der Waals surface area contributed by atoms with Gasteiger partial charge in [0.05, 0.1) is 17.4 Å². The molecule has 6 nitrogen and oxygen atoms in total.